The first kappa shape index (κ1) is 16.1. The van der Waals surface area contributed by atoms with Crippen molar-refractivity contribution < 1.29 is 9.53 Å². The zero-order valence-corrected chi connectivity index (χ0v) is 14.2. The number of H-pyrrole nitrogens is 1. The van der Waals surface area contributed by atoms with Gasteiger partial charge >= 0.3 is 6.03 Å². The number of aromatic amines is 1. The highest BCUT2D eigenvalue weighted by atomic mass is 16.5. The number of urea groups is 1. The number of benzene rings is 1. The van der Waals surface area contributed by atoms with E-state index in [2.05, 4.69) is 20.5 Å². The molecule has 1 aliphatic carbocycles. The summed E-state index contributed by atoms with van der Waals surface area (Å²) in [6.07, 6.45) is 6.01. The number of ether oxygens (including phenoxy) is 1. The topological polar surface area (TPSA) is 83.1 Å². The molecule has 1 saturated carbocycles. The number of nitrogens with one attached hydrogen (secondary N) is 2. The molecule has 2 aliphatic rings. The van der Waals surface area contributed by atoms with Crippen LogP contribution in [0.3, 0.4) is 0 Å². The van der Waals surface area contributed by atoms with E-state index < -0.39 is 0 Å². The first-order valence-corrected chi connectivity index (χ1v) is 8.86. The van der Waals surface area contributed by atoms with Gasteiger partial charge in [0.05, 0.1) is 18.8 Å². The van der Waals surface area contributed by atoms with Crippen molar-refractivity contribution in [2.24, 2.45) is 0 Å². The van der Waals surface area contributed by atoms with E-state index in [-0.39, 0.29) is 11.6 Å². The van der Waals surface area contributed by atoms with Crippen LogP contribution in [0.2, 0.25) is 0 Å². The zero-order chi connectivity index (χ0) is 17.1. The van der Waals surface area contributed by atoms with Crippen molar-refractivity contribution in [2.75, 3.05) is 19.7 Å². The maximum absolute atomic E-state index is 12.6. The Morgan fingerprint density at radius 2 is 2.24 bits per heavy atom. The summed E-state index contributed by atoms with van der Waals surface area (Å²) >= 11 is 0. The van der Waals surface area contributed by atoms with Gasteiger partial charge in [-0.1, -0.05) is 31.0 Å². The van der Waals surface area contributed by atoms with E-state index in [1.165, 1.54) is 19.2 Å². The van der Waals surface area contributed by atoms with Crippen LogP contribution in [-0.4, -0.2) is 51.4 Å². The maximum atomic E-state index is 12.6. The van der Waals surface area contributed by atoms with Crippen LogP contribution in [0.5, 0.6) is 0 Å². The molecular formula is C18H23N5O2. The molecule has 0 atom stereocenters. The quantitative estimate of drug-likeness (QED) is 0.897. The van der Waals surface area contributed by atoms with Gasteiger partial charge in [-0.05, 0) is 24.5 Å². The van der Waals surface area contributed by atoms with Crippen molar-refractivity contribution in [1.29, 1.82) is 0 Å². The van der Waals surface area contributed by atoms with Gasteiger partial charge in [0.1, 0.15) is 6.33 Å². The number of nitrogens with zero attached hydrogens (tertiary/aromatic N) is 3. The van der Waals surface area contributed by atoms with Crippen LogP contribution in [-0.2, 0) is 11.3 Å². The standard InChI is InChI=1S/C18H23N5O2/c24-17(23-8-9-25-18(12-23)6-1-2-7-18)19-11-14-4-3-5-15(10-14)16-20-13-21-22-16/h3-5,10,13H,1-2,6-9,11-12H2,(H,19,24)(H,20,21,22). The van der Waals surface area contributed by atoms with Crippen molar-refractivity contribution in [3.63, 3.8) is 0 Å². The van der Waals surface area contributed by atoms with Gasteiger partial charge in [0.15, 0.2) is 5.82 Å². The first-order chi connectivity index (χ1) is 12.2. The Morgan fingerprint density at radius 3 is 3.04 bits per heavy atom. The molecule has 1 aromatic heterocycles. The Kier molecular flexibility index (Phi) is 4.40. The molecule has 2 heterocycles. The van der Waals surface area contributed by atoms with Gasteiger partial charge in [-0.3, -0.25) is 5.10 Å². The summed E-state index contributed by atoms with van der Waals surface area (Å²) in [5.74, 6) is 0.726. The van der Waals surface area contributed by atoms with Crippen molar-refractivity contribution >= 4 is 6.03 Å². The summed E-state index contributed by atoms with van der Waals surface area (Å²) in [5.41, 5.74) is 1.90. The minimum absolute atomic E-state index is 0.0142. The van der Waals surface area contributed by atoms with Crippen LogP contribution in [0.4, 0.5) is 4.79 Å². The second-order valence-electron chi connectivity index (χ2n) is 6.85. The van der Waals surface area contributed by atoms with E-state index in [1.54, 1.807) is 0 Å². The molecule has 4 rings (SSSR count). The van der Waals surface area contributed by atoms with Crippen LogP contribution < -0.4 is 5.32 Å². The maximum Gasteiger partial charge on any atom is 0.317 e. The SMILES string of the molecule is O=C(NCc1cccc(-c2ncn[nH]2)c1)N1CCOC2(CCCC2)C1. The van der Waals surface area contributed by atoms with Gasteiger partial charge in [-0.2, -0.15) is 5.10 Å². The number of rotatable bonds is 3. The molecule has 0 bridgehead atoms. The molecule has 1 saturated heterocycles. The van der Waals surface area contributed by atoms with Gasteiger partial charge in [0.25, 0.3) is 0 Å². The molecule has 7 nitrogen and oxygen atoms in total. The molecule has 2 N–H and O–H groups in total. The smallest absolute Gasteiger partial charge is 0.317 e. The van der Waals surface area contributed by atoms with Gasteiger partial charge in [-0.25, -0.2) is 9.78 Å². The molecule has 1 aromatic carbocycles. The van der Waals surface area contributed by atoms with E-state index in [1.807, 2.05) is 29.2 Å². The molecule has 1 spiro atoms. The molecule has 2 fully saturated rings. The summed E-state index contributed by atoms with van der Waals surface area (Å²) in [7, 11) is 0. The van der Waals surface area contributed by atoms with E-state index in [0.717, 1.165) is 29.8 Å². The lowest BCUT2D eigenvalue weighted by atomic mass is 10.00. The highest BCUT2D eigenvalue weighted by molar-refractivity contribution is 5.74. The number of carbonyl (C=O) groups excluding carboxylic acids is 1. The lowest BCUT2D eigenvalue weighted by Gasteiger charge is -2.40. The Labute approximate surface area is 146 Å². The monoisotopic (exact) mass is 341 g/mol. The van der Waals surface area contributed by atoms with E-state index >= 15 is 0 Å². The van der Waals surface area contributed by atoms with E-state index in [9.17, 15) is 4.79 Å². The average Bonchev–Trinajstić information content (AvgIpc) is 3.33. The van der Waals surface area contributed by atoms with E-state index in [4.69, 9.17) is 4.74 Å². The third-order valence-electron chi connectivity index (χ3n) is 5.11. The fraction of sp³-hybridized carbons (Fsp3) is 0.500. The molecule has 1 aliphatic heterocycles. The molecule has 2 aromatic rings. The van der Waals surface area contributed by atoms with Gasteiger partial charge in [0, 0.05) is 18.7 Å². The lowest BCUT2D eigenvalue weighted by molar-refractivity contribution is -0.0925. The van der Waals surface area contributed by atoms with Crippen molar-refractivity contribution in [3.8, 4) is 11.4 Å². The molecule has 2 amide bonds. The highest BCUT2D eigenvalue weighted by Gasteiger charge is 2.40. The van der Waals surface area contributed by atoms with Crippen LogP contribution in [0.1, 0.15) is 31.2 Å². The number of carbonyl (C=O) groups is 1. The third kappa shape index (κ3) is 3.51. The summed E-state index contributed by atoms with van der Waals surface area (Å²) in [6, 6.07) is 7.93. The Hall–Kier alpha value is -2.41. The second-order valence-corrected chi connectivity index (χ2v) is 6.85. The predicted octanol–water partition coefficient (Wildman–Crippen LogP) is 2.33. The van der Waals surface area contributed by atoms with Crippen LogP contribution in [0.15, 0.2) is 30.6 Å². The molecule has 25 heavy (non-hydrogen) atoms. The Balaban J connectivity index is 1.36. The number of hydrogen-bond acceptors (Lipinski definition) is 4. The summed E-state index contributed by atoms with van der Waals surface area (Å²) in [4.78, 5) is 18.6. The first-order valence-electron chi connectivity index (χ1n) is 8.86. The van der Waals surface area contributed by atoms with Crippen LogP contribution in [0.25, 0.3) is 11.4 Å². The number of aromatic nitrogens is 3. The fourth-order valence-corrected chi connectivity index (χ4v) is 3.80. The van der Waals surface area contributed by atoms with Crippen LogP contribution >= 0.6 is 0 Å². The van der Waals surface area contributed by atoms with Crippen molar-refractivity contribution in [2.45, 2.75) is 37.8 Å². The highest BCUT2D eigenvalue weighted by Crippen LogP contribution is 2.35. The average molecular weight is 341 g/mol. The Bertz CT molecular complexity index is 725. The summed E-state index contributed by atoms with van der Waals surface area (Å²) < 4.78 is 5.99. The van der Waals surface area contributed by atoms with E-state index in [0.29, 0.717) is 26.2 Å². The largest absolute Gasteiger partial charge is 0.371 e. The third-order valence-corrected chi connectivity index (χ3v) is 5.11. The van der Waals surface area contributed by atoms with Crippen molar-refractivity contribution in [1.82, 2.24) is 25.4 Å². The summed E-state index contributed by atoms with van der Waals surface area (Å²) in [6.45, 7) is 2.49. The Morgan fingerprint density at radius 1 is 1.36 bits per heavy atom. The van der Waals surface area contributed by atoms with Crippen molar-refractivity contribution in [3.05, 3.63) is 36.2 Å². The molecule has 7 heteroatoms. The number of amides is 2. The number of morpholine rings is 1. The van der Waals surface area contributed by atoms with Gasteiger partial charge < -0.3 is 15.0 Å². The van der Waals surface area contributed by atoms with Gasteiger partial charge in [-0.15, -0.1) is 0 Å². The van der Waals surface area contributed by atoms with Gasteiger partial charge in [0.2, 0.25) is 0 Å². The minimum Gasteiger partial charge on any atom is -0.371 e. The number of hydrogen-bond donors (Lipinski definition) is 2. The molecule has 0 radical (unpaired) electrons. The fourth-order valence-electron chi connectivity index (χ4n) is 3.80. The predicted molar refractivity (Wildman–Crippen MR) is 92.8 cm³/mol. The normalized spacial score (nSPS) is 19.3. The lowest BCUT2D eigenvalue weighted by Crippen LogP contribution is -2.54. The second kappa shape index (κ2) is 6.84. The van der Waals surface area contributed by atoms with Crippen LogP contribution in [0, 0.1) is 0 Å². The molecule has 0 unspecified atom stereocenters. The minimum atomic E-state index is -0.0954. The molecule has 132 valence electrons. The molecular weight excluding hydrogens is 318 g/mol. The summed E-state index contributed by atoms with van der Waals surface area (Å²) in [5, 5.41) is 9.76. The zero-order valence-electron chi connectivity index (χ0n) is 14.2.